The van der Waals surface area contributed by atoms with Gasteiger partial charge in [0.2, 0.25) is 0 Å². The first-order valence-corrected chi connectivity index (χ1v) is 11.3. The van der Waals surface area contributed by atoms with Crippen LogP contribution in [0.5, 0.6) is 0 Å². The van der Waals surface area contributed by atoms with Gasteiger partial charge in [-0.3, -0.25) is 9.78 Å². The fourth-order valence-corrected chi connectivity index (χ4v) is 3.16. The maximum Gasteiger partial charge on any atom is 0.159 e. The zero-order chi connectivity index (χ0) is 23.4. The van der Waals surface area contributed by atoms with Gasteiger partial charge in [-0.2, -0.15) is 0 Å². The lowest BCUT2D eigenvalue weighted by Gasteiger charge is -2.15. The molecule has 1 aromatic heterocycles. The van der Waals surface area contributed by atoms with Crippen LogP contribution in [0, 0.1) is 6.92 Å². The molecule has 31 heavy (non-hydrogen) atoms. The number of pyridine rings is 1. The summed E-state index contributed by atoms with van der Waals surface area (Å²) in [6.45, 7) is 16.1. The highest BCUT2D eigenvalue weighted by molar-refractivity contribution is 5.98. The Hall–Kier alpha value is -2.49. The molecular formula is C27H39FN2O. The third kappa shape index (κ3) is 9.04. The average molecular weight is 427 g/mol. The Morgan fingerprint density at radius 3 is 2.58 bits per heavy atom. The van der Waals surface area contributed by atoms with Crippen LogP contribution in [-0.2, 0) is 17.8 Å². The van der Waals surface area contributed by atoms with E-state index in [1.54, 1.807) is 13.8 Å². The number of carbonyl (C=O) groups excluding carboxylic acids is 1. The van der Waals surface area contributed by atoms with Gasteiger partial charge in [-0.05, 0) is 70.1 Å². The molecule has 0 fully saturated rings. The largest absolute Gasteiger partial charge is 0.386 e. The van der Waals surface area contributed by atoms with Gasteiger partial charge in [0.15, 0.2) is 5.78 Å². The number of Topliss-reactive ketones (excluding diaryl/α,β-unsaturated/α-hetero) is 1. The van der Waals surface area contributed by atoms with Gasteiger partial charge in [0.05, 0.1) is 6.17 Å². The molecule has 1 N–H and O–H groups in total. The summed E-state index contributed by atoms with van der Waals surface area (Å²) in [7, 11) is 0. The van der Waals surface area contributed by atoms with E-state index in [1.807, 2.05) is 19.3 Å². The standard InChI is InChI=1S/C27H39FN2O/c1-8-10-11-12-25(19(3)9-2)26(22(6)23(7)31)18-29-16-24-15-20(4)27(30-17-24)14-13-21(5)28/h11-12,15,17-18,21,29H,6,8-10,13-14,16H2,1-5,7H3/b12-11-,25-19-,26-18-. The van der Waals surface area contributed by atoms with Crippen LogP contribution in [-0.4, -0.2) is 16.9 Å². The maximum absolute atomic E-state index is 13.1. The molecule has 0 aliphatic carbocycles. The molecule has 1 heterocycles. The number of hydrogen-bond donors (Lipinski definition) is 1. The number of nitrogens with zero attached hydrogens (tertiary/aromatic N) is 1. The summed E-state index contributed by atoms with van der Waals surface area (Å²) in [6.07, 6.45) is 11.3. The molecule has 1 atom stereocenters. The zero-order valence-electron chi connectivity index (χ0n) is 20.1. The van der Waals surface area contributed by atoms with E-state index in [1.165, 1.54) is 5.57 Å². The lowest BCUT2D eigenvalue weighted by Crippen LogP contribution is -2.11. The summed E-state index contributed by atoms with van der Waals surface area (Å²) in [6, 6.07) is 2.08. The summed E-state index contributed by atoms with van der Waals surface area (Å²) in [5.41, 5.74) is 6.65. The summed E-state index contributed by atoms with van der Waals surface area (Å²) >= 11 is 0. The lowest BCUT2D eigenvalue weighted by molar-refractivity contribution is -0.113. The molecule has 0 aromatic carbocycles. The fraction of sp³-hybridized carbons (Fsp3) is 0.481. The predicted molar refractivity (Wildman–Crippen MR) is 130 cm³/mol. The predicted octanol–water partition coefficient (Wildman–Crippen LogP) is 6.88. The quantitative estimate of drug-likeness (QED) is 0.276. The fourth-order valence-electron chi connectivity index (χ4n) is 3.16. The van der Waals surface area contributed by atoms with Gasteiger partial charge in [0, 0.05) is 35.8 Å². The first-order valence-electron chi connectivity index (χ1n) is 11.3. The van der Waals surface area contributed by atoms with Crippen molar-refractivity contribution in [3.63, 3.8) is 0 Å². The molecule has 0 spiro atoms. The Labute approximate surface area is 188 Å². The SMILES string of the molecule is C=C(C(C)=O)C(=C/NCc1cnc(CCC(C)F)c(C)c1)/C(/C=C\CCC)=C(/C)CC. The molecule has 0 aliphatic heterocycles. The number of alkyl halides is 1. The van der Waals surface area contributed by atoms with Gasteiger partial charge >= 0.3 is 0 Å². The van der Waals surface area contributed by atoms with Crippen molar-refractivity contribution >= 4 is 5.78 Å². The molecule has 0 aliphatic rings. The van der Waals surface area contributed by atoms with E-state index in [4.69, 9.17) is 0 Å². The van der Waals surface area contributed by atoms with E-state index in [2.05, 4.69) is 55.9 Å². The number of allylic oxidation sites excluding steroid dienone is 6. The van der Waals surface area contributed by atoms with Crippen molar-refractivity contribution in [2.45, 2.75) is 86.4 Å². The van der Waals surface area contributed by atoms with Crippen LogP contribution in [0.1, 0.15) is 77.1 Å². The topological polar surface area (TPSA) is 42.0 Å². The van der Waals surface area contributed by atoms with Crippen molar-refractivity contribution < 1.29 is 9.18 Å². The molecule has 3 nitrogen and oxygen atoms in total. The molecule has 170 valence electrons. The molecule has 1 rings (SSSR count). The Morgan fingerprint density at radius 1 is 1.32 bits per heavy atom. The van der Waals surface area contributed by atoms with E-state index in [0.29, 0.717) is 25.0 Å². The molecule has 0 saturated heterocycles. The van der Waals surface area contributed by atoms with Crippen molar-refractivity contribution in [3.8, 4) is 0 Å². The van der Waals surface area contributed by atoms with Gasteiger partial charge in [-0.1, -0.05) is 50.6 Å². The van der Waals surface area contributed by atoms with Gasteiger partial charge in [0.25, 0.3) is 0 Å². The smallest absolute Gasteiger partial charge is 0.159 e. The number of halogens is 1. The highest BCUT2D eigenvalue weighted by Gasteiger charge is 2.13. The second-order valence-corrected chi connectivity index (χ2v) is 8.14. The maximum atomic E-state index is 13.1. The van der Waals surface area contributed by atoms with Crippen LogP contribution >= 0.6 is 0 Å². The Morgan fingerprint density at radius 2 is 2.03 bits per heavy atom. The van der Waals surface area contributed by atoms with E-state index < -0.39 is 6.17 Å². The Kier molecular flexibility index (Phi) is 11.8. The van der Waals surface area contributed by atoms with Gasteiger partial charge in [0.1, 0.15) is 0 Å². The molecule has 0 amide bonds. The van der Waals surface area contributed by atoms with Gasteiger partial charge in [-0.15, -0.1) is 0 Å². The number of rotatable bonds is 13. The van der Waals surface area contributed by atoms with Crippen LogP contribution in [0.4, 0.5) is 4.39 Å². The van der Waals surface area contributed by atoms with Crippen LogP contribution in [0.15, 0.2) is 59.5 Å². The summed E-state index contributed by atoms with van der Waals surface area (Å²) < 4.78 is 13.1. The third-order valence-corrected chi connectivity index (χ3v) is 5.35. The van der Waals surface area contributed by atoms with Crippen LogP contribution < -0.4 is 5.32 Å². The minimum atomic E-state index is -0.819. The van der Waals surface area contributed by atoms with Crippen LogP contribution in [0.3, 0.4) is 0 Å². The van der Waals surface area contributed by atoms with E-state index in [9.17, 15) is 9.18 Å². The monoisotopic (exact) mass is 426 g/mol. The first-order chi connectivity index (χ1) is 14.7. The number of nitrogens with one attached hydrogen (secondary N) is 1. The van der Waals surface area contributed by atoms with Crippen molar-refractivity contribution in [2.24, 2.45) is 0 Å². The summed E-state index contributed by atoms with van der Waals surface area (Å²) in [5.74, 6) is -0.0395. The lowest BCUT2D eigenvalue weighted by atomic mass is 9.92. The highest BCUT2D eigenvalue weighted by atomic mass is 19.1. The minimum Gasteiger partial charge on any atom is -0.386 e. The van der Waals surface area contributed by atoms with Crippen molar-refractivity contribution in [2.75, 3.05) is 0 Å². The molecule has 4 heteroatoms. The molecule has 0 bridgehead atoms. The molecule has 1 unspecified atom stereocenters. The minimum absolute atomic E-state index is 0.0395. The van der Waals surface area contributed by atoms with E-state index in [0.717, 1.165) is 47.2 Å². The van der Waals surface area contributed by atoms with Crippen molar-refractivity contribution in [3.05, 3.63) is 76.3 Å². The van der Waals surface area contributed by atoms with Gasteiger partial charge < -0.3 is 5.32 Å². The van der Waals surface area contributed by atoms with Crippen LogP contribution in [0.2, 0.25) is 0 Å². The van der Waals surface area contributed by atoms with Crippen LogP contribution in [0.25, 0.3) is 0 Å². The number of carbonyl (C=O) groups is 1. The third-order valence-electron chi connectivity index (χ3n) is 5.35. The number of unbranched alkanes of at least 4 members (excludes halogenated alkanes) is 1. The zero-order valence-corrected chi connectivity index (χ0v) is 20.1. The number of ketones is 1. The van der Waals surface area contributed by atoms with Crippen molar-refractivity contribution in [1.82, 2.24) is 10.3 Å². The summed E-state index contributed by atoms with van der Waals surface area (Å²) in [5, 5.41) is 3.34. The number of hydrogen-bond acceptors (Lipinski definition) is 3. The number of aromatic nitrogens is 1. The van der Waals surface area contributed by atoms with E-state index >= 15 is 0 Å². The van der Waals surface area contributed by atoms with Crippen molar-refractivity contribution in [1.29, 1.82) is 0 Å². The average Bonchev–Trinajstić information content (AvgIpc) is 2.73. The Bertz CT molecular complexity index is 847. The first kappa shape index (κ1) is 26.5. The molecule has 0 saturated carbocycles. The Balaban J connectivity index is 3.09. The normalized spacial score (nSPS) is 13.8. The number of aryl methyl sites for hydroxylation is 2. The molecular weight excluding hydrogens is 387 g/mol. The van der Waals surface area contributed by atoms with E-state index in [-0.39, 0.29) is 5.78 Å². The molecule has 0 radical (unpaired) electrons. The second kappa shape index (κ2) is 13.7. The second-order valence-electron chi connectivity index (χ2n) is 8.14. The highest BCUT2D eigenvalue weighted by Crippen LogP contribution is 2.25. The molecule has 1 aromatic rings. The van der Waals surface area contributed by atoms with Gasteiger partial charge in [-0.25, -0.2) is 4.39 Å². The summed E-state index contributed by atoms with van der Waals surface area (Å²) in [4.78, 5) is 16.6.